The zero-order chi connectivity index (χ0) is 23.4. The lowest BCUT2D eigenvalue weighted by Crippen LogP contribution is -2.50. The normalized spacial score (nSPS) is 14.3. The molecule has 1 saturated heterocycles. The van der Waals surface area contributed by atoms with Gasteiger partial charge in [0.15, 0.2) is 5.76 Å². The Labute approximate surface area is 188 Å². The highest BCUT2D eigenvalue weighted by atomic mass is 19.4. The lowest BCUT2D eigenvalue weighted by molar-refractivity contribution is -0.137. The fraction of sp³-hybridized carbons (Fsp3) is 0.250. The number of carbonyl (C=O) groups excluding carboxylic acids is 2. The molecule has 4 rings (SSSR count). The van der Waals surface area contributed by atoms with E-state index in [1.807, 2.05) is 30.3 Å². The molecule has 0 bridgehead atoms. The fourth-order valence-corrected chi connectivity index (χ4v) is 3.58. The first-order valence-electron chi connectivity index (χ1n) is 10.3. The number of para-hydroxylation sites is 1. The molecule has 0 unspecified atom stereocenters. The fourth-order valence-electron chi connectivity index (χ4n) is 3.58. The molecule has 1 aliphatic heterocycles. The van der Waals surface area contributed by atoms with Gasteiger partial charge in [0.2, 0.25) is 0 Å². The number of carbonyl (C=O) groups is 2. The molecular formula is C24H21F3N2O4. The molecule has 3 aromatic rings. The number of amides is 2. The van der Waals surface area contributed by atoms with E-state index in [4.69, 9.17) is 9.15 Å². The van der Waals surface area contributed by atoms with Crippen LogP contribution in [-0.2, 0) is 12.8 Å². The molecule has 33 heavy (non-hydrogen) atoms. The number of hydrogen-bond donors (Lipinski definition) is 0. The predicted molar refractivity (Wildman–Crippen MR) is 113 cm³/mol. The van der Waals surface area contributed by atoms with Crippen molar-refractivity contribution in [3.05, 3.63) is 89.4 Å². The highest BCUT2D eigenvalue weighted by Gasteiger charge is 2.32. The van der Waals surface area contributed by atoms with Crippen molar-refractivity contribution >= 4 is 11.8 Å². The zero-order valence-electron chi connectivity index (χ0n) is 17.5. The van der Waals surface area contributed by atoms with Crippen LogP contribution in [0.25, 0.3) is 0 Å². The molecule has 0 spiro atoms. The Kier molecular flexibility index (Phi) is 6.39. The van der Waals surface area contributed by atoms with Crippen LogP contribution in [0.5, 0.6) is 5.75 Å². The molecule has 1 fully saturated rings. The van der Waals surface area contributed by atoms with E-state index < -0.39 is 17.6 Å². The first-order valence-corrected chi connectivity index (χ1v) is 10.3. The van der Waals surface area contributed by atoms with Crippen molar-refractivity contribution in [1.29, 1.82) is 0 Å². The van der Waals surface area contributed by atoms with E-state index in [1.54, 1.807) is 11.0 Å². The average molecular weight is 458 g/mol. The van der Waals surface area contributed by atoms with Gasteiger partial charge in [-0.15, -0.1) is 0 Å². The molecule has 0 saturated carbocycles. The smallest absolute Gasteiger partial charge is 0.416 e. The first kappa shape index (κ1) is 22.4. The summed E-state index contributed by atoms with van der Waals surface area (Å²) < 4.78 is 49.9. The summed E-state index contributed by atoms with van der Waals surface area (Å²) in [6.07, 6.45) is -3.10. The van der Waals surface area contributed by atoms with E-state index in [9.17, 15) is 22.8 Å². The van der Waals surface area contributed by atoms with Crippen molar-refractivity contribution in [2.45, 2.75) is 12.8 Å². The third-order valence-electron chi connectivity index (χ3n) is 5.37. The molecule has 0 aliphatic carbocycles. The molecule has 2 aromatic carbocycles. The van der Waals surface area contributed by atoms with Crippen LogP contribution in [0.3, 0.4) is 0 Å². The Bertz CT molecular complexity index is 1120. The lowest BCUT2D eigenvalue weighted by Gasteiger charge is -2.34. The van der Waals surface area contributed by atoms with Gasteiger partial charge in [-0.3, -0.25) is 9.59 Å². The minimum atomic E-state index is -4.52. The third kappa shape index (κ3) is 5.19. The number of nitrogens with zero attached hydrogens (tertiary/aromatic N) is 2. The van der Waals surface area contributed by atoms with Gasteiger partial charge in [0.1, 0.15) is 12.4 Å². The van der Waals surface area contributed by atoms with Gasteiger partial charge in [-0.05, 0) is 36.4 Å². The third-order valence-corrected chi connectivity index (χ3v) is 5.37. The first-order chi connectivity index (χ1) is 15.8. The summed E-state index contributed by atoms with van der Waals surface area (Å²) in [4.78, 5) is 28.6. The second-order valence-corrected chi connectivity index (χ2v) is 7.54. The second-order valence-electron chi connectivity index (χ2n) is 7.54. The maximum atomic E-state index is 12.9. The molecule has 9 heteroatoms. The van der Waals surface area contributed by atoms with Gasteiger partial charge in [-0.25, -0.2) is 0 Å². The van der Waals surface area contributed by atoms with Crippen LogP contribution in [-0.4, -0.2) is 47.8 Å². The number of halogens is 3. The standard InChI is InChI=1S/C24H21F3N2O4/c25-24(26,27)19-6-4-5-17(15-19)22(30)28-10-12-29(13-11-28)23(31)21-18(9-14-32-21)16-33-20-7-2-1-3-8-20/h1-9,14-15H,10-13,16H2. The largest absolute Gasteiger partial charge is 0.489 e. The van der Waals surface area contributed by atoms with Crippen molar-refractivity contribution < 1.29 is 31.9 Å². The number of furan rings is 1. The van der Waals surface area contributed by atoms with Crippen LogP contribution in [0.15, 0.2) is 71.3 Å². The van der Waals surface area contributed by atoms with Crippen LogP contribution in [0.1, 0.15) is 32.0 Å². The van der Waals surface area contributed by atoms with Crippen molar-refractivity contribution in [3.8, 4) is 5.75 Å². The topological polar surface area (TPSA) is 63.0 Å². The van der Waals surface area contributed by atoms with E-state index in [0.717, 1.165) is 12.1 Å². The van der Waals surface area contributed by atoms with Crippen LogP contribution < -0.4 is 4.74 Å². The number of alkyl halides is 3. The van der Waals surface area contributed by atoms with Crippen LogP contribution in [0.4, 0.5) is 13.2 Å². The Balaban J connectivity index is 1.36. The average Bonchev–Trinajstić information content (AvgIpc) is 3.31. The Morgan fingerprint density at radius 3 is 2.21 bits per heavy atom. The van der Waals surface area contributed by atoms with Gasteiger partial charge in [-0.1, -0.05) is 24.3 Å². The van der Waals surface area contributed by atoms with Gasteiger partial charge in [0.05, 0.1) is 11.8 Å². The molecular weight excluding hydrogens is 437 g/mol. The molecule has 6 nitrogen and oxygen atoms in total. The minimum absolute atomic E-state index is 0.0315. The Morgan fingerprint density at radius 2 is 1.55 bits per heavy atom. The van der Waals surface area contributed by atoms with E-state index in [-0.39, 0.29) is 50.0 Å². The van der Waals surface area contributed by atoms with Crippen molar-refractivity contribution in [3.63, 3.8) is 0 Å². The number of ether oxygens (including phenoxy) is 1. The summed E-state index contributed by atoms with van der Waals surface area (Å²) >= 11 is 0. The number of rotatable bonds is 5. The van der Waals surface area contributed by atoms with Gasteiger partial charge >= 0.3 is 6.18 Å². The molecule has 1 aliphatic rings. The summed E-state index contributed by atoms with van der Waals surface area (Å²) in [5.74, 6) is 0.0170. The van der Waals surface area contributed by atoms with E-state index >= 15 is 0 Å². The van der Waals surface area contributed by atoms with Crippen LogP contribution >= 0.6 is 0 Å². The second kappa shape index (κ2) is 9.40. The van der Waals surface area contributed by atoms with Crippen molar-refractivity contribution in [1.82, 2.24) is 9.80 Å². The zero-order valence-corrected chi connectivity index (χ0v) is 17.5. The maximum Gasteiger partial charge on any atom is 0.416 e. The summed E-state index contributed by atoms with van der Waals surface area (Å²) in [7, 11) is 0. The number of piperazine rings is 1. The predicted octanol–water partition coefficient (Wildman–Crippen LogP) is 4.48. The summed E-state index contributed by atoms with van der Waals surface area (Å²) in [6.45, 7) is 1.05. The molecule has 0 N–H and O–H groups in total. The van der Waals surface area contributed by atoms with E-state index in [1.165, 1.54) is 23.3 Å². The Morgan fingerprint density at radius 1 is 0.879 bits per heavy atom. The quantitative estimate of drug-likeness (QED) is 0.566. The van der Waals surface area contributed by atoms with Crippen LogP contribution in [0.2, 0.25) is 0 Å². The molecule has 172 valence electrons. The van der Waals surface area contributed by atoms with E-state index in [0.29, 0.717) is 11.3 Å². The number of benzene rings is 2. The monoisotopic (exact) mass is 458 g/mol. The highest BCUT2D eigenvalue weighted by molar-refractivity contribution is 5.95. The van der Waals surface area contributed by atoms with Gasteiger partial charge < -0.3 is 19.0 Å². The molecule has 0 atom stereocenters. The molecule has 2 heterocycles. The van der Waals surface area contributed by atoms with Gasteiger partial charge in [-0.2, -0.15) is 13.2 Å². The minimum Gasteiger partial charge on any atom is -0.489 e. The van der Waals surface area contributed by atoms with Gasteiger partial charge in [0.25, 0.3) is 11.8 Å². The summed E-state index contributed by atoms with van der Waals surface area (Å²) in [5.41, 5.74) is -0.299. The van der Waals surface area contributed by atoms with Crippen LogP contribution in [0, 0.1) is 0 Å². The highest BCUT2D eigenvalue weighted by Crippen LogP contribution is 2.30. The Hall–Kier alpha value is -3.75. The summed E-state index contributed by atoms with van der Waals surface area (Å²) in [6, 6.07) is 15.2. The van der Waals surface area contributed by atoms with Gasteiger partial charge in [0, 0.05) is 37.3 Å². The molecule has 1 aromatic heterocycles. The van der Waals surface area contributed by atoms with Crippen molar-refractivity contribution in [2.75, 3.05) is 26.2 Å². The molecule has 2 amide bonds. The molecule has 0 radical (unpaired) electrons. The van der Waals surface area contributed by atoms with Crippen molar-refractivity contribution in [2.24, 2.45) is 0 Å². The SMILES string of the molecule is O=C(c1cccc(C(F)(F)F)c1)N1CCN(C(=O)c2occc2COc2ccccc2)CC1. The summed E-state index contributed by atoms with van der Waals surface area (Å²) in [5, 5.41) is 0. The number of hydrogen-bond acceptors (Lipinski definition) is 4. The van der Waals surface area contributed by atoms with E-state index in [2.05, 4.69) is 0 Å². The maximum absolute atomic E-state index is 12.9. The lowest BCUT2D eigenvalue weighted by atomic mass is 10.1.